The molecule has 14 heavy (non-hydrogen) atoms. The number of rotatable bonds is 2. The SMILES string of the molecule is C=C(C)NC1CCC2(CC=NO2)CC1. The third-order valence-corrected chi connectivity index (χ3v) is 3.13. The molecule has 1 spiro atoms. The van der Waals surface area contributed by atoms with Gasteiger partial charge < -0.3 is 10.2 Å². The van der Waals surface area contributed by atoms with Crippen molar-refractivity contribution in [2.24, 2.45) is 5.16 Å². The summed E-state index contributed by atoms with van der Waals surface area (Å²) in [5.74, 6) is 0. The first-order valence-electron chi connectivity index (χ1n) is 5.32. The van der Waals surface area contributed by atoms with E-state index in [2.05, 4.69) is 17.1 Å². The lowest BCUT2D eigenvalue weighted by Gasteiger charge is -2.35. The second kappa shape index (κ2) is 3.64. The van der Waals surface area contributed by atoms with Gasteiger partial charge in [-0.05, 0) is 32.6 Å². The maximum Gasteiger partial charge on any atom is 0.142 e. The zero-order valence-corrected chi connectivity index (χ0v) is 8.75. The van der Waals surface area contributed by atoms with Gasteiger partial charge >= 0.3 is 0 Å². The first kappa shape index (κ1) is 9.56. The molecule has 1 fully saturated rings. The van der Waals surface area contributed by atoms with E-state index in [1.807, 2.05) is 13.1 Å². The van der Waals surface area contributed by atoms with E-state index in [4.69, 9.17) is 4.84 Å². The smallest absolute Gasteiger partial charge is 0.142 e. The van der Waals surface area contributed by atoms with Gasteiger partial charge in [0.2, 0.25) is 0 Å². The third kappa shape index (κ3) is 1.91. The number of allylic oxidation sites excluding steroid dienone is 1. The van der Waals surface area contributed by atoms with Gasteiger partial charge in [-0.3, -0.25) is 0 Å². The number of hydrogen-bond donors (Lipinski definition) is 1. The van der Waals surface area contributed by atoms with Crippen LogP contribution in [0.3, 0.4) is 0 Å². The Balaban J connectivity index is 1.83. The van der Waals surface area contributed by atoms with Crippen LogP contribution in [0.1, 0.15) is 39.0 Å². The molecule has 2 rings (SSSR count). The summed E-state index contributed by atoms with van der Waals surface area (Å²) in [6, 6.07) is 0.585. The topological polar surface area (TPSA) is 33.6 Å². The van der Waals surface area contributed by atoms with Gasteiger partial charge in [0, 0.05) is 24.4 Å². The highest BCUT2D eigenvalue weighted by molar-refractivity contribution is 5.59. The van der Waals surface area contributed by atoms with Gasteiger partial charge in [-0.15, -0.1) is 0 Å². The lowest BCUT2D eigenvalue weighted by Crippen LogP contribution is -2.40. The van der Waals surface area contributed by atoms with Gasteiger partial charge in [0.05, 0.1) is 0 Å². The molecule has 0 amide bonds. The first-order valence-corrected chi connectivity index (χ1v) is 5.32. The average molecular weight is 194 g/mol. The minimum absolute atomic E-state index is 0.0489. The fourth-order valence-electron chi connectivity index (χ4n) is 2.32. The summed E-state index contributed by atoms with van der Waals surface area (Å²) in [7, 11) is 0. The molecule has 3 heteroatoms. The van der Waals surface area contributed by atoms with Gasteiger partial charge in [0.25, 0.3) is 0 Å². The molecule has 0 saturated heterocycles. The Hall–Kier alpha value is -0.990. The summed E-state index contributed by atoms with van der Waals surface area (Å²) in [5.41, 5.74) is 1.11. The van der Waals surface area contributed by atoms with Crippen molar-refractivity contribution >= 4 is 6.21 Å². The fraction of sp³-hybridized carbons (Fsp3) is 0.727. The van der Waals surface area contributed by atoms with Crippen molar-refractivity contribution in [3.8, 4) is 0 Å². The van der Waals surface area contributed by atoms with Crippen molar-refractivity contribution in [3.05, 3.63) is 12.3 Å². The Morgan fingerprint density at radius 3 is 2.79 bits per heavy atom. The molecule has 1 heterocycles. The second-order valence-corrected chi connectivity index (χ2v) is 4.47. The fourth-order valence-corrected chi connectivity index (χ4v) is 2.32. The van der Waals surface area contributed by atoms with E-state index >= 15 is 0 Å². The predicted octanol–water partition coefficient (Wildman–Crippen LogP) is 2.20. The van der Waals surface area contributed by atoms with Crippen LogP contribution in [0.5, 0.6) is 0 Å². The first-order chi connectivity index (χ1) is 6.70. The van der Waals surface area contributed by atoms with Gasteiger partial charge in [-0.2, -0.15) is 0 Å². The molecule has 0 bridgehead atoms. The van der Waals surface area contributed by atoms with Crippen molar-refractivity contribution in [1.29, 1.82) is 0 Å². The highest BCUT2D eigenvalue weighted by atomic mass is 16.7. The molecule has 0 unspecified atom stereocenters. The summed E-state index contributed by atoms with van der Waals surface area (Å²) in [4.78, 5) is 5.45. The van der Waals surface area contributed by atoms with Crippen LogP contribution in [0.2, 0.25) is 0 Å². The van der Waals surface area contributed by atoms with E-state index in [-0.39, 0.29) is 5.60 Å². The van der Waals surface area contributed by atoms with Crippen molar-refractivity contribution in [1.82, 2.24) is 5.32 Å². The molecule has 2 aliphatic rings. The lowest BCUT2D eigenvalue weighted by atomic mass is 9.80. The van der Waals surface area contributed by atoms with E-state index < -0.39 is 0 Å². The highest BCUT2D eigenvalue weighted by Crippen LogP contribution is 2.36. The highest BCUT2D eigenvalue weighted by Gasteiger charge is 2.39. The van der Waals surface area contributed by atoms with Crippen LogP contribution in [-0.4, -0.2) is 17.9 Å². The zero-order chi connectivity index (χ0) is 10.0. The monoisotopic (exact) mass is 194 g/mol. The van der Waals surface area contributed by atoms with Crippen LogP contribution >= 0.6 is 0 Å². The van der Waals surface area contributed by atoms with Crippen molar-refractivity contribution < 1.29 is 4.84 Å². The summed E-state index contributed by atoms with van der Waals surface area (Å²) in [5, 5.41) is 7.28. The van der Waals surface area contributed by atoms with Gasteiger partial charge in [0.1, 0.15) is 5.60 Å². The Bertz CT molecular complexity index is 242. The van der Waals surface area contributed by atoms with Crippen LogP contribution < -0.4 is 5.32 Å². The van der Waals surface area contributed by atoms with Crippen LogP contribution in [0.15, 0.2) is 17.4 Å². The second-order valence-electron chi connectivity index (χ2n) is 4.47. The Morgan fingerprint density at radius 2 is 2.29 bits per heavy atom. The van der Waals surface area contributed by atoms with Crippen molar-refractivity contribution in [3.63, 3.8) is 0 Å². The zero-order valence-electron chi connectivity index (χ0n) is 8.75. The summed E-state index contributed by atoms with van der Waals surface area (Å²) < 4.78 is 0. The third-order valence-electron chi connectivity index (χ3n) is 3.13. The largest absolute Gasteiger partial charge is 0.389 e. The maximum absolute atomic E-state index is 5.45. The lowest BCUT2D eigenvalue weighted by molar-refractivity contribution is -0.0494. The molecular formula is C11H18N2O. The number of nitrogens with one attached hydrogen (secondary N) is 1. The molecule has 1 N–H and O–H groups in total. The molecule has 0 atom stereocenters. The normalized spacial score (nSPS) is 35.6. The van der Waals surface area contributed by atoms with E-state index in [1.165, 1.54) is 0 Å². The number of nitrogens with zero attached hydrogens (tertiary/aromatic N) is 1. The van der Waals surface area contributed by atoms with Crippen LogP contribution in [-0.2, 0) is 4.84 Å². The van der Waals surface area contributed by atoms with Crippen LogP contribution in [0, 0.1) is 0 Å². The molecule has 0 radical (unpaired) electrons. The summed E-state index contributed by atoms with van der Waals surface area (Å²) >= 11 is 0. The summed E-state index contributed by atoms with van der Waals surface area (Å²) in [6.07, 6.45) is 7.43. The Morgan fingerprint density at radius 1 is 1.57 bits per heavy atom. The molecule has 0 aromatic carbocycles. The average Bonchev–Trinajstić information content (AvgIpc) is 2.58. The number of hydrogen-bond acceptors (Lipinski definition) is 3. The van der Waals surface area contributed by atoms with Gasteiger partial charge in [-0.25, -0.2) is 0 Å². The van der Waals surface area contributed by atoms with E-state index in [1.54, 1.807) is 0 Å². The molecule has 3 nitrogen and oxygen atoms in total. The molecule has 0 aromatic heterocycles. The van der Waals surface area contributed by atoms with Crippen molar-refractivity contribution in [2.75, 3.05) is 0 Å². The summed E-state index contributed by atoms with van der Waals surface area (Å²) in [6.45, 7) is 5.88. The number of oxime groups is 1. The Kier molecular flexibility index (Phi) is 2.48. The molecule has 1 saturated carbocycles. The Labute approximate surface area is 85.2 Å². The molecule has 1 aliphatic carbocycles. The standard InChI is InChI=1S/C11H18N2O/c1-9(2)13-10-3-5-11(6-4-10)7-8-12-14-11/h8,10,13H,1,3-7H2,2H3. The van der Waals surface area contributed by atoms with Gasteiger partial charge in [-0.1, -0.05) is 11.7 Å². The van der Waals surface area contributed by atoms with E-state index in [0.717, 1.165) is 37.8 Å². The van der Waals surface area contributed by atoms with Crippen LogP contribution in [0.25, 0.3) is 0 Å². The van der Waals surface area contributed by atoms with E-state index in [0.29, 0.717) is 6.04 Å². The van der Waals surface area contributed by atoms with E-state index in [9.17, 15) is 0 Å². The minimum atomic E-state index is 0.0489. The minimum Gasteiger partial charge on any atom is -0.389 e. The molecular weight excluding hydrogens is 176 g/mol. The molecule has 0 aromatic rings. The van der Waals surface area contributed by atoms with Crippen molar-refractivity contribution in [2.45, 2.75) is 50.7 Å². The maximum atomic E-state index is 5.45. The quantitative estimate of drug-likeness (QED) is 0.731. The molecule has 1 aliphatic heterocycles. The van der Waals surface area contributed by atoms with Gasteiger partial charge in [0.15, 0.2) is 0 Å². The van der Waals surface area contributed by atoms with Crippen LogP contribution in [0.4, 0.5) is 0 Å². The molecule has 78 valence electrons. The predicted molar refractivity (Wildman–Crippen MR) is 57.1 cm³/mol.